The van der Waals surface area contributed by atoms with Crippen molar-refractivity contribution in [2.45, 2.75) is 41.0 Å². The third-order valence-corrected chi connectivity index (χ3v) is 1.07. The maximum absolute atomic E-state index is 10.8. The number of carbonyl (C=O) groups excluding carboxylic acids is 1. The zero-order chi connectivity index (χ0) is 9.28. The van der Waals surface area contributed by atoms with E-state index in [1.54, 1.807) is 0 Å². The fourth-order valence-corrected chi connectivity index (χ4v) is 0.452. The second-order valence-electron chi connectivity index (χ2n) is 2.45. The van der Waals surface area contributed by atoms with Gasteiger partial charge in [0.25, 0.3) is 0 Å². The summed E-state index contributed by atoms with van der Waals surface area (Å²) in [6.45, 7) is 10.6. The molecule has 0 aromatic heterocycles. The van der Waals surface area contributed by atoms with E-state index in [0.29, 0.717) is 0 Å². The van der Waals surface area contributed by atoms with Gasteiger partial charge in [-0.3, -0.25) is 4.79 Å². The van der Waals surface area contributed by atoms with Gasteiger partial charge in [-0.25, -0.2) is 0 Å². The molecule has 0 aliphatic rings. The predicted octanol–water partition coefficient (Wildman–Crippen LogP) is 2.44. The normalized spacial score (nSPS) is 8.55. The second-order valence-corrected chi connectivity index (χ2v) is 2.45. The van der Waals surface area contributed by atoms with Crippen LogP contribution in [0.2, 0.25) is 0 Å². The van der Waals surface area contributed by atoms with Gasteiger partial charge in [0.2, 0.25) is 5.91 Å². The fraction of sp³-hybridized carbons (Fsp3) is 0.889. The summed E-state index contributed by atoms with van der Waals surface area (Å²) in [7, 11) is 0. The molecule has 0 aliphatic carbocycles. The Morgan fingerprint density at radius 1 is 1.45 bits per heavy atom. The van der Waals surface area contributed by atoms with E-state index in [2.05, 4.69) is 5.32 Å². The van der Waals surface area contributed by atoms with Crippen molar-refractivity contribution >= 4 is 5.91 Å². The van der Waals surface area contributed by atoms with E-state index in [4.69, 9.17) is 0 Å². The van der Waals surface area contributed by atoms with Crippen molar-refractivity contribution in [1.82, 2.24) is 5.32 Å². The fourth-order valence-electron chi connectivity index (χ4n) is 0.452. The molecule has 70 valence electrons. The largest absolute Gasteiger partial charge is 0.356 e. The van der Waals surface area contributed by atoms with E-state index in [-0.39, 0.29) is 13.3 Å². The van der Waals surface area contributed by atoms with Crippen molar-refractivity contribution < 1.29 is 6.22 Å². The highest BCUT2D eigenvalue weighted by Crippen LogP contribution is 1.89. The lowest BCUT2D eigenvalue weighted by atomic mass is 10.2. The molecule has 0 saturated heterocycles. The molecule has 0 fully saturated rings. The summed E-state index contributed by atoms with van der Waals surface area (Å²) in [5.41, 5.74) is 0. The van der Waals surface area contributed by atoms with Crippen molar-refractivity contribution in [3.8, 4) is 0 Å². The van der Waals surface area contributed by atoms with Crippen LogP contribution in [0.4, 0.5) is 0 Å². The first-order valence-corrected chi connectivity index (χ1v) is 4.46. The van der Waals surface area contributed by atoms with Gasteiger partial charge in [-0.2, -0.15) is 0 Å². The number of rotatable bonds is 3. The van der Waals surface area contributed by atoms with E-state index >= 15 is 0 Å². The smallest absolute Gasteiger partial charge is 0.222 e. The van der Waals surface area contributed by atoms with Crippen molar-refractivity contribution in [3.05, 3.63) is 0 Å². The average molecular weight is 161 g/mol. The minimum atomic E-state index is 0. The number of carbonyl (C=O) groups is 1. The lowest BCUT2D eigenvalue weighted by Gasteiger charge is -2.04. The SMILES string of the molecule is CC.CCCNC(=O)C(C)C.[HH]. The number of nitrogens with one attached hydrogen (secondary N) is 1. The van der Waals surface area contributed by atoms with Crippen LogP contribution in [0.15, 0.2) is 0 Å². The van der Waals surface area contributed by atoms with E-state index in [1.807, 2.05) is 34.6 Å². The standard InChI is InChI=1S/C7H15NO.C2H6.H2/c1-4-5-8-7(9)6(2)3;1-2;/h6H,4-5H2,1-3H3,(H,8,9);1-2H3;1H. The molecule has 0 bridgehead atoms. The molecule has 0 heterocycles. The molecule has 0 aromatic carbocycles. The third kappa shape index (κ3) is 9.47. The Morgan fingerprint density at radius 2 is 1.91 bits per heavy atom. The molecule has 2 nitrogen and oxygen atoms in total. The highest BCUT2D eigenvalue weighted by atomic mass is 16.1. The van der Waals surface area contributed by atoms with Gasteiger partial charge in [0.05, 0.1) is 0 Å². The van der Waals surface area contributed by atoms with E-state index in [0.717, 1.165) is 13.0 Å². The quantitative estimate of drug-likeness (QED) is 0.676. The topological polar surface area (TPSA) is 29.1 Å². The Kier molecular flexibility index (Phi) is 11.3. The summed E-state index contributed by atoms with van der Waals surface area (Å²) in [4.78, 5) is 10.8. The van der Waals surface area contributed by atoms with Gasteiger partial charge in [0.15, 0.2) is 0 Å². The summed E-state index contributed by atoms with van der Waals surface area (Å²) in [6, 6.07) is 0. The molecule has 1 N–H and O–H groups in total. The molecule has 1 amide bonds. The van der Waals surface area contributed by atoms with E-state index in [9.17, 15) is 4.79 Å². The maximum atomic E-state index is 10.8. The van der Waals surface area contributed by atoms with Crippen LogP contribution >= 0.6 is 0 Å². The summed E-state index contributed by atoms with van der Waals surface area (Å²) in [5.74, 6) is 0.272. The molecule has 0 saturated carbocycles. The van der Waals surface area contributed by atoms with Crippen LogP contribution < -0.4 is 5.32 Å². The molecule has 0 atom stereocenters. The number of hydrogen-bond acceptors (Lipinski definition) is 1. The van der Waals surface area contributed by atoms with Crippen LogP contribution in [0.25, 0.3) is 0 Å². The monoisotopic (exact) mass is 161 g/mol. The van der Waals surface area contributed by atoms with E-state index in [1.165, 1.54) is 0 Å². The van der Waals surface area contributed by atoms with Gasteiger partial charge in [-0.1, -0.05) is 34.6 Å². The second kappa shape index (κ2) is 9.47. The van der Waals surface area contributed by atoms with Crippen molar-refractivity contribution in [2.24, 2.45) is 5.92 Å². The number of hydrogen-bond donors (Lipinski definition) is 1. The Hall–Kier alpha value is -0.530. The van der Waals surface area contributed by atoms with Gasteiger partial charge in [0.1, 0.15) is 0 Å². The summed E-state index contributed by atoms with van der Waals surface area (Å²) in [5, 5.41) is 2.79. The minimum Gasteiger partial charge on any atom is -0.356 e. The van der Waals surface area contributed by atoms with Gasteiger partial charge in [0, 0.05) is 13.9 Å². The van der Waals surface area contributed by atoms with Crippen LogP contribution in [-0.4, -0.2) is 12.5 Å². The lowest BCUT2D eigenvalue weighted by Crippen LogP contribution is -2.28. The highest BCUT2D eigenvalue weighted by Gasteiger charge is 2.03. The summed E-state index contributed by atoms with van der Waals surface area (Å²) in [6.07, 6.45) is 1.01. The molecule has 0 rings (SSSR count). The Labute approximate surface area is 71.9 Å². The zero-order valence-electron chi connectivity index (χ0n) is 8.40. The zero-order valence-corrected chi connectivity index (χ0v) is 8.40. The molecule has 11 heavy (non-hydrogen) atoms. The Morgan fingerprint density at radius 3 is 2.18 bits per heavy atom. The van der Waals surface area contributed by atoms with E-state index < -0.39 is 0 Å². The van der Waals surface area contributed by atoms with Crippen molar-refractivity contribution in [1.29, 1.82) is 0 Å². The van der Waals surface area contributed by atoms with Crippen LogP contribution in [0.3, 0.4) is 0 Å². The highest BCUT2D eigenvalue weighted by molar-refractivity contribution is 5.77. The van der Waals surface area contributed by atoms with Gasteiger partial charge in [-0.05, 0) is 6.42 Å². The van der Waals surface area contributed by atoms with Crippen LogP contribution in [0, 0.1) is 5.92 Å². The molecule has 0 radical (unpaired) electrons. The summed E-state index contributed by atoms with van der Waals surface area (Å²) >= 11 is 0. The Balaban J connectivity index is -0.000000249. The van der Waals surface area contributed by atoms with Crippen LogP contribution in [-0.2, 0) is 4.79 Å². The average Bonchev–Trinajstić information content (AvgIpc) is 2.03. The van der Waals surface area contributed by atoms with Crippen LogP contribution in [0.1, 0.15) is 42.5 Å². The van der Waals surface area contributed by atoms with Crippen molar-refractivity contribution in [2.75, 3.05) is 6.54 Å². The molecule has 0 unspecified atom stereocenters. The van der Waals surface area contributed by atoms with Gasteiger partial charge >= 0.3 is 0 Å². The first-order valence-electron chi connectivity index (χ1n) is 4.46. The molecule has 2 heteroatoms. The first-order chi connectivity index (χ1) is 5.18. The third-order valence-electron chi connectivity index (χ3n) is 1.07. The van der Waals surface area contributed by atoms with Gasteiger partial charge in [-0.15, -0.1) is 0 Å². The first kappa shape index (κ1) is 13.1. The van der Waals surface area contributed by atoms with Gasteiger partial charge < -0.3 is 5.32 Å². The molecular formula is C9H23NO. The minimum absolute atomic E-state index is 0. The van der Waals surface area contributed by atoms with Crippen molar-refractivity contribution in [3.63, 3.8) is 0 Å². The predicted molar refractivity (Wildman–Crippen MR) is 51.6 cm³/mol. The molecule has 0 spiro atoms. The summed E-state index contributed by atoms with van der Waals surface area (Å²) < 4.78 is 0. The molecular weight excluding hydrogens is 138 g/mol. The lowest BCUT2D eigenvalue weighted by molar-refractivity contribution is -0.123. The Bertz CT molecular complexity index is 94.5. The molecule has 0 aromatic rings. The number of amides is 1. The van der Waals surface area contributed by atoms with Crippen LogP contribution in [0.5, 0.6) is 0 Å². The molecule has 0 aliphatic heterocycles. The maximum Gasteiger partial charge on any atom is 0.222 e.